The van der Waals surface area contributed by atoms with Crippen LogP contribution in [0.2, 0.25) is 0 Å². The summed E-state index contributed by atoms with van der Waals surface area (Å²) in [6.07, 6.45) is 1.33. The molecule has 0 saturated heterocycles. The summed E-state index contributed by atoms with van der Waals surface area (Å²) in [4.78, 5) is 16.1. The summed E-state index contributed by atoms with van der Waals surface area (Å²) in [6.45, 7) is 0.516. The summed E-state index contributed by atoms with van der Waals surface area (Å²) < 4.78 is 33.6. The molecule has 22 heavy (non-hydrogen) atoms. The summed E-state index contributed by atoms with van der Waals surface area (Å²) in [5.74, 6) is -0.223. The van der Waals surface area contributed by atoms with Gasteiger partial charge >= 0.3 is 6.61 Å². The number of oxime groups is 1. The van der Waals surface area contributed by atoms with E-state index in [0.717, 1.165) is 0 Å². The van der Waals surface area contributed by atoms with Crippen molar-refractivity contribution in [3.8, 4) is 11.5 Å². The SMILES string of the molecule is COc1cc(/C=N/OCC(=O)NC(C)C)ccc1OC(F)F. The molecule has 0 atom stereocenters. The van der Waals surface area contributed by atoms with Crippen molar-refractivity contribution in [2.75, 3.05) is 13.7 Å². The van der Waals surface area contributed by atoms with E-state index >= 15 is 0 Å². The minimum absolute atomic E-state index is 0.0201. The van der Waals surface area contributed by atoms with Gasteiger partial charge in [-0.2, -0.15) is 8.78 Å². The predicted molar refractivity (Wildman–Crippen MR) is 76.5 cm³/mol. The van der Waals surface area contributed by atoms with Gasteiger partial charge in [-0.15, -0.1) is 0 Å². The van der Waals surface area contributed by atoms with Crippen LogP contribution in [0.3, 0.4) is 0 Å². The van der Waals surface area contributed by atoms with Crippen LogP contribution in [0.15, 0.2) is 23.4 Å². The van der Waals surface area contributed by atoms with Crippen LogP contribution < -0.4 is 14.8 Å². The maximum Gasteiger partial charge on any atom is 0.387 e. The largest absolute Gasteiger partial charge is 0.493 e. The predicted octanol–water partition coefficient (Wildman–Crippen LogP) is 2.17. The quantitative estimate of drug-likeness (QED) is 0.589. The fraction of sp³-hybridized carbons (Fsp3) is 0.429. The van der Waals surface area contributed by atoms with E-state index in [2.05, 4.69) is 15.2 Å². The van der Waals surface area contributed by atoms with Gasteiger partial charge in [-0.3, -0.25) is 4.79 Å². The number of halogens is 2. The number of benzene rings is 1. The summed E-state index contributed by atoms with van der Waals surface area (Å²) in [5, 5.41) is 6.26. The number of nitrogens with one attached hydrogen (secondary N) is 1. The number of methoxy groups -OCH3 is 1. The van der Waals surface area contributed by atoms with Crippen LogP contribution in [0, 0.1) is 0 Å². The average molecular weight is 316 g/mol. The van der Waals surface area contributed by atoms with Crippen LogP contribution in [0.1, 0.15) is 19.4 Å². The molecule has 8 heteroatoms. The summed E-state index contributed by atoms with van der Waals surface area (Å²) in [6, 6.07) is 4.31. The Morgan fingerprint density at radius 2 is 2.09 bits per heavy atom. The third kappa shape index (κ3) is 6.38. The fourth-order valence-corrected chi connectivity index (χ4v) is 1.52. The fourth-order valence-electron chi connectivity index (χ4n) is 1.52. The molecular formula is C14H18F2N2O4. The Bertz CT molecular complexity index is 522. The molecule has 1 aromatic rings. The van der Waals surface area contributed by atoms with Crippen molar-refractivity contribution >= 4 is 12.1 Å². The molecule has 0 unspecified atom stereocenters. The molecule has 0 spiro atoms. The first-order chi connectivity index (χ1) is 10.4. The first-order valence-electron chi connectivity index (χ1n) is 6.50. The van der Waals surface area contributed by atoms with Gasteiger partial charge in [-0.1, -0.05) is 5.16 Å². The first-order valence-corrected chi connectivity index (χ1v) is 6.50. The molecule has 122 valence electrons. The Morgan fingerprint density at radius 3 is 2.68 bits per heavy atom. The Kier molecular flexibility index (Phi) is 7.07. The second-order valence-electron chi connectivity index (χ2n) is 4.52. The second kappa shape index (κ2) is 8.81. The van der Waals surface area contributed by atoms with Crippen LogP contribution in [0.25, 0.3) is 0 Å². The smallest absolute Gasteiger partial charge is 0.387 e. The Balaban J connectivity index is 2.58. The van der Waals surface area contributed by atoms with E-state index in [0.29, 0.717) is 5.56 Å². The van der Waals surface area contributed by atoms with Gasteiger partial charge in [0.2, 0.25) is 0 Å². The zero-order valence-corrected chi connectivity index (χ0v) is 12.5. The Labute approximate surface area is 127 Å². The van der Waals surface area contributed by atoms with Crippen LogP contribution in [0.4, 0.5) is 8.78 Å². The van der Waals surface area contributed by atoms with E-state index in [-0.39, 0.29) is 30.1 Å². The van der Waals surface area contributed by atoms with Gasteiger partial charge in [0.15, 0.2) is 18.1 Å². The van der Waals surface area contributed by atoms with E-state index in [1.165, 1.54) is 31.5 Å². The maximum atomic E-state index is 12.2. The number of ether oxygens (including phenoxy) is 2. The monoisotopic (exact) mass is 316 g/mol. The molecule has 0 saturated carbocycles. The highest BCUT2D eigenvalue weighted by Crippen LogP contribution is 2.28. The number of nitrogens with zero attached hydrogens (tertiary/aromatic N) is 1. The molecule has 0 radical (unpaired) electrons. The number of carbonyl (C=O) groups is 1. The third-order valence-electron chi connectivity index (χ3n) is 2.33. The van der Waals surface area contributed by atoms with Crippen LogP contribution in [0.5, 0.6) is 11.5 Å². The molecule has 0 aliphatic rings. The molecule has 0 aromatic heterocycles. The molecule has 0 bridgehead atoms. The van der Waals surface area contributed by atoms with Gasteiger partial charge in [0.25, 0.3) is 5.91 Å². The van der Waals surface area contributed by atoms with Crippen LogP contribution >= 0.6 is 0 Å². The second-order valence-corrected chi connectivity index (χ2v) is 4.52. The minimum Gasteiger partial charge on any atom is -0.493 e. The maximum absolute atomic E-state index is 12.2. The summed E-state index contributed by atoms with van der Waals surface area (Å²) in [5.41, 5.74) is 0.544. The number of carbonyl (C=O) groups excluding carboxylic acids is 1. The minimum atomic E-state index is -2.93. The third-order valence-corrected chi connectivity index (χ3v) is 2.33. The van der Waals surface area contributed by atoms with E-state index in [4.69, 9.17) is 9.57 Å². The molecule has 1 aromatic carbocycles. The lowest BCUT2D eigenvalue weighted by molar-refractivity contribution is -0.126. The number of amides is 1. The van der Waals surface area contributed by atoms with Crippen LogP contribution in [-0.4, -0.2) is 38.5 Å². The van der Waals surface area contributed by atoms with Crippen molar-refractivity contribution in [3.63, 3.8) is 0 Å². The van der Waals surface area contributed by atoms with Gasteiger partial charge < -0.3 is 19.6 Å². The van der Waals surface area contributed by atoms with Gasteiger partial charge in [0.05, 0.1) is 13.3 Å². The zero-order valence-electron chi connectivity index (χ0n) is 12.5. The number of hydrogen-bond donors (Lipinski definition) is 1. The van der Waals surface area contributed by atoms with E-state index in [1.807, 2.05) is 13.8 Å². The van der Waals surface area contributed by atoms with Crippen LogP contribution in [-0.2, 0) is 9.63 Å². The van der Waals surface area contributed by atoms with E-state index in [9.17, 15) is 13.6 Å². The van der Waals surface area contributed by atoms with Gasteiger partial charge in [0, 0.05) is 11.6 Å². The van der Waals surface area contributed by atoms with Crippen molar-refractivity contribution in [1.82, 2.24) is 5.32 Å². The molecule has 1 amide bonds. The topological polar surface area (TPSA) is 69.2 Å². The normalized spacial score (nSPS) is 11.0. The number of rotatable bonds is 8. The van der Waals surface area contributed by atoms with E-state index in [1.54, 1.807) is 0 Å². The highest BCUT2D eigenvalue weighted by atomic mass is 19.3. The lowest BCUT2D eigenvalue weighted by Crippen LogP contribution is -2.32. The van der Waals surface area contributed by atoms with Gasteiger partial charge in [0.1, 0.15) is 0 Å². The zero-order chi connectivity index (χ0) is 16.5. The van der Waals surface area contributed by atoms with Crippen molar-refractivity contribution in [2.45, 2.75) is 26.5 Å². The van der Waals surface area contributed by atoms with Gasteiger partial charge in [-0.25, -0.2) is 0 Å². The highest BCUT2D eigenvalue weighted by molar-refractivity contribution is 5.81. The molecule has 6 nitrogen and oxygen atoms in total. The Hall–Kier alpha value is -2.38. The van der Waals surface area contributed by atoms with Crippen molar-refractivity contribution in [2.24, 2.45) is 5.16 Å². The summed E-state index contributed by atoms with van der Waals surface area (Å²) in [7, 11) is 1.33. The highest BCUT2D eigenvalue weighted by Gasteiger charge is 2.10. The molecule has 0 fully saturated rings. The number of hydrogen-bond acceptors (Lipinski definition) is 5. The molecule has 0 aliphatic heterocycles. The standard InChI is InChI=1S/C14H18F2N2O4/c1-9(2)18-13(19)8-21-17-7-10-4-5-11(22-14(15)16)12(6-10)20-3/h4-7,9,14H,8H2,1-3H3,(H,18,19)/b17-7+. The van der Waals surface area contributed by atoms with E-state index < -0.39 is 6.61 Å². The molecule has 1 rings (SSSR count). The number of alkyl halides is 2. The Morgan fingerprint density at radius 1 is 1.36 bits per heavy atom. The molecule has 0 aliphatic carbocycles. The average Bonchev–Trinajstić information content (AvgIpc) is 2.43. The molecule has 0 heterocycles. The summed E-state index contributed by atoms with van der Waals surface area (Å²) >= 11 is 0. The van der Waals surface area contributed by atoms with Crippen molar-refractivity contribution in [1.29, 1.82) is 0 Å². The molecular weight excluding hydrogens is 298 g/mol. The van der Waals surface area contributed by atoms with Gasteiger partial charge in [-0.05, 0) is 32.0 Å². The lowest BCUT2D eigenvalue weighted by Gasteiger charge is -2.10. The van der Waals surface area contributed by atoms with Crippen molar-refractivity contribution in [3.05, 3.63) is 23.8 Å². The lowest BCUT2D eigenvalue weighted by atomic mass is 10.2. The first kappa shape index (κ1) is 17.7. The molecule has 1 N–H and O–H groups in total. The van der Waals surface area contributed by atoms with Crippen molar-refractivity contribution < 1.29 is 27.9 Å².